The molecule has 146 valence electrons. The molecule has 0 spiro atoms. The summed E-state index contributed by atoms with van der Waals surface area (Å²) in [5.74, 6) is -1.34. The summed E-state index contributed by atoms with van der Waals surface area (Å²) in [6.45, 7) is 1.74. The van der Waals surface area contributed by atoms with E-state index in [1.165, 1.54) is 31.4 Å². The lowest BCUT2D eigenvalue weighted by atomic mass is 10.1. The maximum atomic E-state index is 13.7. The van der Waals surface area contributed by atoms with Crippen LogP contribution in [-0.4, -0.2) is 44.7 Å². The number of halogens is 3. The van der Waals surface area contributed by atoms with E-state index in [2.05, 4.69) is 9.47 Å². The van der Waals surface area contributed by atoms with Gasteiger partial charge < -0.3 is 19.5 Å². The predicted octanol–water partition coefficient (Wildman–Crippen LogP) is 3.07. The Balaban J connectivity index is 3.16. The molecule has 0 radical (unpaired) electrons. The number of carbonyl (C=O) groups is 2. The average Bonchev–Trinajstić information content (AvgIpc) is 2.60. The van der Waals surface area contributed by atoms with Gasteiger partial charge in [0.25, 0.3) is 0 Å². The van der Waals surface area contributed by atoms with E-state index in [9.17, 15) is 22.8 Å². The molecule has 1 rings (SSSR count). The smallest absolute Gasteiger partial charge is 0.442 e. The molecule has 26 heavy (non-hydrogen) atoms. The van der Waals surface area contributed by atoms with Crippen molar-refractivity contribution in [3.63, 3.8) is 0 Å². The Bertz CT molecular complexity index is 607. The van der Waals surface area contributed by atoms with E-state index >= 15 is 0 Å². The first-order chi connectivity index (χ1) is 12.2. The van der Waals surface area contributed by atoms with Crippen LogP contribution in [0.1, 0.15) is 19.8 Å². The third kappa shape index (κ3) is 5.17. The van der Waals surface area contributed by atoms with E-state index in [-0.39, 0.29) is 12.3 Å². The van der Waals surface area contributed by atoms with Gasteiger partial charge in [0.05, 0.1) is 20.8 Å². The fourth-order valence-corrected chi connectivity index (χ4v) is 1.93. The van der Waals surface area contributed by atoms with Crippen LogP contribution in [0.5, 0.6) is 5.75 Å². The number of methoxy groups -OCH3 is 2. The molecule has 0 saturated heterocycles. The van der Waals surface area contributed by atoms with Crippen LogP contribution >= 0.6 is 0 Å². The van der Waals surface area contributed by atoms with Crippen molar-refractivity contribution in [3.8, 4) is 5.75 Å². The van der Waals surface area contributed by atoms with Crippen LogP contribution in [0.25, 0.3) is 0 Å². The summed E-state index contributed by atoms with van der Waals surface area (Å²) in [5, 5.41) is 3.54. The second-order valence-corrected chi connectivity index (χ2v) is 5.21. The Morgan fingerprint density at radius 1 is 1.12 bits per heavy atom. The summed E-state index contributed by atoms with van der Waals surface area (Å²) >= 11 is 0. The largest absolute Gasteiger partial charge is 0.497 e. The lowest BCUT2D eigenvalue weighted by Crippen LogP contribution is -2.69. The maximum absolute atomic E-state index is 13.7. The van der Waals surface area contributed by atoms with Crippen molar-refractivity contribution in [1.82, 2.24) is 5.32 Å². The van der Waals surface area contributed by atoms with Crippen molar-refractivity contribution in [1.29, 1.82) is 0 Å². The number of unbranched alkanes of at least 4 members (excludes halogenated alkanes) is 1. The van der Waals surface area contributed by atoms with Crippen LogP contribution < -0.4 is 15.4 Å². The third-order valence-corrected chi connectivity index (χ3v) is 3.36. The van der Waals surface area contributed by atoms with E-state index in [0.29, 0.717) is 18.6 Å². The topological polar surface area (TPSA) is 85.9 Å². The molecule has 2 N–H and O–H groups in total. The molecule has 7 nitrogen and oxygen atoms in total. The number of nitrogens with one attached hydrogen (secondary N) is 2. The average molecular weight is 378 g/mol. The van der Waals surface area contributed by atoms with Crippen molar-refractivity contribution in [2.24, 2.45) is 0 Å². The second-order valence-electron chi connectivity index (χ2n) is 5.21. The number of amides is 1. The van der Waals surface area contributed by atoms with Gasteiger partial charge in [0.2, 0.25) is 0 Å². The molecule has 0 fully saturated rings. The first kappa shape index (κ1) is 21.4. The number of alkyl carbamates (subject to hydrolysis) is 1. The van der Waals surface area contributed by atoms with Crippen molar-refractivity contribution in [3.05, 3.63) is 24.3 Å². The quantitative estimate of drug-likeness (QED) is 0.411. The van der Waals surface area contributed by atoms with Crippen molar-refractivity contribution in [2.75, 3.05) is 26.1 Å². The number of anilines is 1. The highest BCUT2D eigenvalue weighted by atomic mass is 19.4. The molecule has 1 aromatic carbocycles. The molecule has 0 aliphatic heterocycles. The fourth-order valence-electron chi connectivity index (χ4n) is 1.93. The van der Waals surface area contributed by atoms with Gasteiger partial charge in [-0.3, -0.25) is 5.32 Å². The minimum Gasteiger partial charge on any atom is -0.497 e. The number of ether oxygens (including phenoxy) is 3. The Morgan fingerprint density at radius 2 is 1.73 bits per heavy atom. The third-order valence-electron chi connectivity index (χ3n) is 3.36. The first-order valence-corrected chi connectivity index (χ1v) is 7.72. The van der Waals surface area contributed by atoms with Gasteiger partial charge in [0.15, 0.2) is 0 Å². The molecule has 0 heterocycles. The number of benzene rings is 1. The number of hydrogen-bond donors (Lipinski definition) is 2. The maximum Gasteiger partial charge on any atom is 0.442 e. The van der Waals surface area contributed by atoms with Crippen molar-refractivity contribution in [2.45, 2.75) is 31.6 Å². The Hall–Kier alpha value is -2.65. The zero-order valence-electron chi connectivity index (χ0n) is 14.6. The van der Waals surface area contributed by atoms with Crippen LogP contribution in [0.3, 0.4) is 0 Å². The van der Waals surface area contributed by atoms with E-state index in [4.69, 9.17) is 4.74 Å². The molecule has 10 heteroatoms. The standard InChI is InChI=1S/C16H21F3N2O5/c1-4-5-10-26-14(23)21-15(13(22)25-3,16(17,18)19)20-11-6-8-12(24-2)9-7-11/h6-9,20H,4-5,10H2,1-3H3,(H,21,23)/t15-/m0/s1. The van der Waals surface area contributed by atoms with Crippen LogP contribution in [-0.2, 0) is 14.3 Å². The Labute approximate surface area is 148 Å². The van der Waals surface area contributed by atoms with Crippen molar-refractivity contribution < 1.29 is 37.0 Å². The molecule has 1 amide bonds. The van der Waals surface area contributed by atoms with Gasteiger partial charge in [-0.15, -0.1) is 0 Å². The molecule has 0 bridgehead atoms. The van der Waals surface area contributed by atoms with Gasteiger partial charge in [0, 0.05) is 5.69 Å². The molecule has 1 aromatic rings. The van der Waals surface area contributed by atoms with E-state index in [1.807, 2.05) is 12.2 Å². The summed E-state index contributed by atoms with van der Waals surface area (Å²) in [6, 6.07) is 5.29. The highest BCUT2D eigenvalue weighted by molar-refractivity contribution is 5.89. The van der Waals surface area contributed by atoms with Gasteiger partial charge >= 0.3 is 23.9 Å². The number of carbonyl (C=O) groups excluding carboxylic acids is 2. The zero-order valence-corrected chi connectivity index (χ0v) is 14.6. The van der Waals surface area contributed by atoms with Gasteiger partial charge in [-0.2, -0.15) is 13.2 Å². The number of hydrogen-bond acceptors (Lipinski definition) is 6. The van der Waals surface area contributed by atoms with Crippen LogP contribution in [0.4, 0.5) is 23.7 Å². The molecule has 0 saturated carbocycles. The van der Waals surface area contributed by atoms with Gasteiger partial charge in [-0.25, -0.2) is 9.59 Å². The van der Waals surface area contributed by atoms with E-state index in [0.717, 1.165) is 7.11 Å². The molecule has 0 unspecified atom stereocenters. The summed E-state index contributed by atoms with van der Waals surface area (Å²) in [7, 11) is 2.17. The van der Waals surface area contributed by atoms with Crippen LogP contribution in [0.15, 0.2) is 24.3 Å². The SMILES string of the molecule is CCCCOC(=O)N[C@@](Nc1ccc(OC)cc1)(C(=O)OC)C(F)(F)F. The van der Waals surface area contributed by atoms with E-state index in [1.54, 1.807) is 5.32 Å². The van der Waals surface area contributed by atoms with E-state index < -0.39 is 23.9 Å². The normalized spacial score (nSPS) is 13.3. The highest BCUT2D eigenvalue weighted by Crippen LogP contribution is 2.33. The van der Waals surface area contributed by atoms with Crippen molar-refractivity contribution >= 4 is 17.7 Å². The number of rotatable bonds is 8. The molecule has 0 aliphatic rings. The van der Waals surface area contributed by atoms with Gasteiger partial charge in [-0.05, 0) is 30.7 Å². The number of esters is 1. The Kier molecular flexibility index (Phi) is 7.54. The molecule has 0 aromatic heterocycles. The summed E-state index contributed by atoms with van der Waals surface area (Å²) in [4.78, 5) is 23.8. The minimum atomic E-state index is -5.22. The summed E-state index contributed by atoms with van der Waals surface area (Å²) in [6.07, 6.45) is -5.47. The lowest BCUT2D eigenvalue weighted by Gasteiger charge is -2.34. The Morgan fingerprint density at radius 3 is 2.19 bits per heavy atom. The molecule has 1 atom stereocenters. The number of alkyl halides is 3. The predicted molar refractivity (Wildman–Crippen MR) is 86.8 cm³/mol. The lowest BCUT2D eigenvalue weighted by molar-refractivity contribution is -0.203. The zero-order chi connectivity index (χ0) is 19.8. The van der Waals surface area contributed by atoms with Gasteiger partial charge in [-0.1, -0.05) is 13.3 Å². The molecular weight excluding hydrogens is 357 g/mol. The van der Waals surface area contributed by atoms with Crippen LogP contribution in [0.2, 0.25) is 0 Å². The summed E-state index contributed by atoms with van der Waals surface area (Å²) < 4.78 is 55.1. The fraction of sp³-hybridized carbons (Fsp3) is 0.500. The monoisotopic (exact) mass is 378 g/mol. The highest BCUT2D eigenvalue weighted by Gasteiger charge is 2.64. The molecule has 0 aliphatic carbocycles. The summed E-state index contributed by atoms with van der Waals surface area (Å²) in [5.41, 5.74) is -3.61. The minimum absolute atomic E-state index is 0.0834. The van der Waals surface area contributed by atoms with Gasteiger partial charge in [0.1, 0.15) is 5.75 Å². The first-order valence-electron chi connectivity index (χ1n) is 7.72. The molecular formula is C16H21F3N2O5. The second kappa shape index (κ2) is 9.16. The van der Waals surface area contributed by atoms with Crippen LogP contribution in [0, 0.1) is 0 Å².